The average Bonchev–Trinajstić information content (AvgIpc) is 3.13. The van der Waals surface area contributed by atoms with Crippen LogP contribution in [0.3, 0.4) is 0 Å². The molecule has 1 aliphatic rings. The first-order valence-electron chi connectivity index (χ1n) is 6.96. The van der Waals surface area contributed by atoms with Gasteiger partial charge in [-0.05, 0) is 44.7 Å². The number of furan rings is 1. The van der Waals surface area contributed by atoms with Gasteiger partial charge >= 0.3 is 5.91 Å². The fourth-order valence-corrected chi connectivity index (χ4v) is 2.32. The minimum Gasteiger partial charge on any atom is -0.456 e. The smallest absolute Gasteiger partial charge is 0.300 e. The maximum Gasteiger partial charge on any atom is 0.300 e. The number of nitrogens with one attached hydrogen (secondary N) is 1. The van der Waals surface area contributed by atoms with Gasteiger partial charge in [-0.2, -0.15) is 0 Å². The van der Waals surface area contributed by atoms with Gasteiger partial charge in [-0.3, -0.25) is 15.1 Å². The van der Waals surface area contributed by atoms with Gasteiger partial charge in [-0.1, -0.05) is 6.92 Å². The number of nitrogen functional groups attached to an aromatic ring is 1. The van der Waals surface area contributed by atoms with E-state index in [1.54, 1.807) is 6.07 Å². The van der Waals surface area contributed by atoms with Crippen molar-refractivity contribution in [2.24, 2.45) is 11.8 Å². The van der Waals surface area contributed by atoms with Crippen LogP contribution in [0.2, 0.25) is 0 Å². The molecule has 1 fully saturated rings. The molecule has 106 valence electrons. The molecule has 1 aromatic heterocycles. The molecule has 1 heterocycles. The van der Waals surface area contributed by atoms with E-state index in [0.29, 0.717) is 0 Å². The highest BCUT2D eigenvalue weighted by Crippen LogP contribution is 2.30. The number of rotatable bonds is 7. The summed E-state index contributed by atoms with van der Waals surface area (Å²) >= 11 is 0. The Kier molecular flexibility index (Phi) is 4.61. The van der Waals surface area contributed by atoms with Crippen molar-refractivity contribution in [3.8, 4) is 0 Å². The Morgan fingerprint density at radius 3 is 2.89 bits per heavy atom. The third kappa shape index (κ3) is 3.81. The van der Waals surface area contributed by atoms with E-state index in [-0.39, 0.29) is 11.7 Å². The molecule has 5 nitrogen and oxygen atoms in total. The summed E-state index contributed by atoms with van der Waals surface area (Å²) < 4.78 is 5.45. The molecule has 1 amide bonds. The molecule has 5 heteroatoms. The van der Waals surface area contributed by atoms with E-state index in [1.165, 1.54) is 12.8 Å². The first-order chi connectivity index (χ1) is 9.13. The van der Waals surface area contributed by atoms with Crippen LogP contribution in [0.1, 0.15) is 48.1 Å². The molecule has 0 aliphatic heterocycles. The van der Waals surface area contributed by atoms with Gasteiger partial charge in [0.25, 0.3) is 0 Å². The summed E-state index contributed by atoms with van der Waals surface area (Å²) in [5.41, 5.74) is 3.17. The predicted molar refractivity (Wildman–Crippen MR) is 73.4 cm³/mol. The zero-order valence-electron chi connectivity index (χ0n) is 11.7. The summed E-state index contributed by atoms with van der Waals surface area (Å²) in [6.07, 6.45) is 3.84. The van der Waals surface area contributed by atoms with Crippen LogP contribution in [0, 0.1) is 12.8 Å². The lowest BCUT2D eigenvalue weighted by Gasteiger charge is -2.21. The van der Waals surface area contributed by atoms with Crippen molar-refractivity contribution in [1.82, 2.24) is 10.3 Å². The lowest BCUT2D eigenvalue weighted by Crippen LogP contribution is -2.29. The van der Waals surface area contributed by atoms with Gasteiger partial charge in [0.05, 0.1) is 0 Å². The number of amides is 1. The van der Waals surface area contributed by atoms with Gasteiger partial charge in [0.1, 0.15) is 5.76 Å². The van der Waals surface area contributed by atoms with E-state index in [2.05, 4.69) is 17.2 Å². The van der Waals surface area contributed by atoms with Gasteiger partial charge in [0.15, 0.2) is 5.76 Å². The molecule has 1 saturated carbocycles. The summed E-state index contributed by atoms with van der Waals surface area (Å²) in [5, 5.41) is 0. The van der Waals surface area contributed by atoms with Crippen LogP contribution in [0.4, 0.5) is 0 Å². The van der Waals surface area contributed by atoms with Crippen molar-refractivity contribution in [1.29, 1.82) is 0 Å². The van der Waals surface area contributed by atoms with Gasteiger partial charge in [-0.25, -0.2) is 5.84 Å². The molecule has 1 aliphatic carbocycles. The third-order valence-electron chi connectivity index (χ3n) is 3.52. The molecule has 1 aromatic rings. The maximum absolute atomic E-state index is 11.4. The number of hydrogen-bond donors (Lipinski definition) is 2. The van der Waals surface area contributed by atoms with E-state index in [9.17, 15) is 4.79 Å². The Hall–Kier alpha value is -1.33. The monoisotopic (exact) mass is 265 g/mol. The highest BCUT2D eigenvalue weighted by atomic mass is 16.4. The summed E-state index contributed by atoms with van der Waals surface area (Å²) in [6.45, 7) is 7.16. The van der Waals surface area contributed by atoms with Crippen molar-refractivity contribution in [2.75, 3.05) is 13.1 Å². The minimum absolute atomic E-state index is 0.290. The van der Waals surface area contributed by atoms with E-state index in [1.807, 2.05) is 6.92 Å². The second kappa shape index (κ2) is 6.21. The zero-order chi connectivity index (χ0) is 13.8. The minimum atomic E-state index is -0.376. The van der Waals surface area contributed by atoms with Crippen LogP contribution in [-0.4, -0.2) is 23.9 Å². The lowest BCUT2D eigenvalue weighted by molar-refractivity contribution is 0.0924. The fraction of sp³-hybridized carbons (Fsp3) is 0.643. The Balaban J connectivity index is 2.02. The molecule has 19 heavy (non-hydrogen) atoms. The van der Waals surface area contributed by atoms with Gasteiger partial charge in [-0.15, -0.1) is 0 Å². The van der Waals surface area contributed by atoms with Crippen LogP contribution in [0.5, 0.6) is 0 Å². The topological polar surface area (TPSA) is 71.5 Å². The Bertz CT molecular complexity index is 438. The number of nitrogens with zero attached hydrogens (tertiary/aromatic N) is 1. The molecule has 0 unspecified atom stereocenters. The molecule has 0 saturated heterocycles. The largest absolute Gasteiger partial charge is 0.456 e. The first kappa shape index (κ1) is 14.1. The van der Waals surface area contributed by atoms with E-state index < -0.39 is 0 Å². The van der Waals surface area contributed by atoms with Crippen molar-refractivity contribution < 1.29 is 9.21 Å². The number of hydrogen-bond acceptors (Lipinski definition) is 4. The molecule has 0 atom stereocenters. The molecular formula is C14H23N3O2. The Morgan fingerprint density at radius 2 is 2.32 bits per heavy atom. The average molecular weight is 265 g/mol. The van der Waals surface area contributed by atoms with Crippen LogP contribution in [-0.2, 0) is 6.54 Å². The standard InChI is InChI=1S/C14H23N3O2/c1-3-6-17(8-11-4-5-11)9-12-7-13(14(18)16-15)19-10(12)2/h7,11H,3-6,8-9,15H2,1-2H3,(H,16,18). The second-order valence-electron chi connectivity index (χ2n) is 5.34. The van der Waals surface area contributed by atoms with E-state index in [4.69, 9.17) is 10.3 Å². The maximum atomic E-state index is 11.4. The lowest BCUT2D eigenvalue weighted by atomic mass is 10.2. The van der Waals surface area contributed by atoms with Gasteiger partial charge < -0.3 is 4.42 Å². The molecule has 0 bridgehead atoms. The quantitative estimate of drug-likeness (QED) is 0.448. The van der Waals surface area contributed by atoms with Gasteiger partial charge in [0, 0.05) is 18.7 Å². The number of hydrazine groups is 1. The number of aryl methyl sites for hydroxylation is 1. The van der Waals surface area contributed by atoms with Crippen LogP contribution in [0.25, 0.3) is 0 Å². The van der Waals surface area contributed by atoms with Crippen molar-refractivity contribution in [3.05, 3.63) is 23.2 Å². The SMILES string of the molecule is CCCN(Cc1cc(C(=O)NN)oc1C)CC1CC1. The Labute approximate surface area is 114 Å². The number of carbonyl (C=O) groups excluding carboxylic acids is 1. The summed E-state index contributed by atoms with van der Waals surface area (Å²) in [6, 6.07) is 1.80. The van der Waals surface area contributed by atoms with Crippen molar-refractivity contribution in [2.45, 2.75) is 39.7 Å². The zero-order valence-corrected chi connectivity index (χ0v) is 11.7. The summed E-state index contributed by atoms with van der Waals surface area (Å²) in [7, 11) is 0. The molecule has 0 aromatic carbocycles. The highest BCUT2D eigenvalue weighted by molar-refractivity contribution is 5.91. The fourth-order valence-electron chi connectivity index (χ4n) is 2.32. The number of nitrogens with two attached hydrogens (primary N) is 1. The van der Waals surface area contributed by atoms with Crippen molar-refractivity contribution in [3.63, 3.8) is 0 Å². The predicted octanol–water partition coefficient (Wildman–Crippen LogP) is 1.81. The molecule has 3 N–H and O–H groups in total. The third-order valence-corrected chi connectivity index (χ3v) is 3.52. The summed E-state index contributed by atoms with van der Waals surface area (Å²) in [5.74, 6) is 6.70. The second-order valence-corrected chi connectivity index (χ2v) is 5.34. The normalized spacial score (nSPS) is 14.9. The molecule has 2 rings (SSSR count). The molecule has 0 radical (unpaired) electrons. The summed E-state index contributed by atoms with van der Waals surface area (Å²) in [4.78, 5) is 13.9. The van der Waals surface area contributed by atoms with Gasteiger partial charge in [0.2, 0.25) is 0 Å². The van der Waals surface area contributed by atoms with Crippen LogP contribution in [0.15, 0.2) is 10.5 Å². The highest BCUT2D eigenvalue weighted by Gasteiger charge is 2.25. The number of carbonyl (C=O) groups is 1. The van der Waals surface area contributed by atoms with E-state index >= 15 is 0 Å². The molecule has 0 spiro atoms. The Morgan fingerprint density at radius 1 is 1.58 bits per heavy atom. The van der Waals surface area contributed by atoms with E-state index in [0.717, 1.165) is 43.3 Å². The van der Waals surface area contributed by atoms with Crippen molar-refractivity contribution >= 4 is 5.91 Å². The van der Waals surface area contributed by atoms with Crippen LogP contribution >= 0.6 is 0 Å². The molecular weight excluding hydrogens is 242 g/mol. The van der Waals surface area contributed by atoms with Crippen LogP contribution < -0.4 is 11.3 Å². The first-order valence-corrected chi connectivity index (χ1v) is 6.96.